The number of carboxylic acids is 1. The third-order valence-electron chi connectivity index (χ3n) is 2.68. The van der Waals surface area contributed by atoms with Gasteiger partial charge in [-0.05, 0) is 28.4 Å². The van der Waals surface area contributed by atoms with Gasteiger partial charge in [0.05, 0.1) is 0 Å². The third-order valence-corrected chi connectivity index (χ3v) is 3.11. The van der Waals surface area contributed by atoms with Crippen LogP contribution < -0.4 is 0 Å². The number of rotatable bonds is 5. The normalized spacial score (nSPS) is 11.0. The fourth-order valence-corrected chi connectivity index (χ4v) is 2.18. The van der Waals surface area contributed by atoms with E-state index in [1.165, 1.54) is 0 Å². The summed E-state index contributed by atoms with van der Waals surface area (Å²) in [7, 11) is 0. The Bertz CT molecular complexity index is 580. The molecule has 0 amide bonds. The highest BCUT2D eigenvalue weighted by molar-refractivity contribution is 9.10. The molecule has 0 aliphatic heterocycles. The molecule has 0 aromatic carbocycles. The molecule has 0 spiro atoms. The largest absolute Gasteiger partial charge is 0.480 e. The number of aliphatic carboxylic acids is 1. The van der Waals surface area contributed by atoms with Crippen LogP contribution in [-0.2, 0) is 17.8 Å². The summed E-state index contributed by atoms with van der Waals surface area (Å²) in [6.07, 6.45) is 4.47. The van der Waals surface area contributed by atoms with E-state index >= 15 is 0 Å². The SMILES string of the molecule is CCCCc1nc2cc(Br)cnc2n1CC(=O)O. The maximum absolute atomic E-state index is 10.9. The Morgan fingerprint density at radius 3 is 3.00 bits per heavy atom. The Labute approximate surface area is 113 Å². The van der Waals surface area contributed by atoms with Gasteiger partial charge in [-0.15, -0.1) is 0 Å². The van der Waals surface area contributed by atoms with Gasteiger partial charge in [0.2, 0.25) is 0 Å². The van der Waals surface area contributed by atoms with Crippen LogP contribution >= 0.6 is 15.9 Å². The van der Waals surface area contributed by atoms with E-state index in [4.69, 9.17) is 5.11 Å². The van der Waals surface area contributed by atoms with E-state index in [0.29, 0.717) is 5.65 Å². The summed E-state index contributed by atoms with van der Waals surface area (Å²) in [5.41, 5.74) is 1.36. The van der Waals surface area contributed by atoms with Gasteiger partial charge in [-0.25, -0.2) is 9.97 Å². The number of hydrogen-bond acceptors (Lipinski definition) is 3. The van der Waals surface area contributed by atoms with Crippen molar-refractivity contribution in [2.24, 2.45) is 0 Å². The third kappa shape index (κ3) is 2.69. The van der Waals surface area contributed by atoms with E-state index in [-0.39, 0.29) is 6.54 Å². The number of unbranched alkanes of at least 4 members (excludes halogenated alkanes) is 1. The van der Waals surface area contributed by atoms with Crippen LogP contribution in [0.2, 0.25) is 0 Å². The van der Waals surface area contributed by atoms with Crippen LogP contribution in [0.4, 0.5) is 0 Å². The molecule has 0 fully saturated rings. The van der Waals surface area contributed by atoms with Crippen molar-refractivity contribution < 1.29 is 9.90 Å². The molecule has 2 aromatic heterocycles. The van der Waals surface area contributed by atoms with Crippen molar-refractivity contribution in [3.63, 3.8) is 0 Å². The number of carboxylic acid groups (broad SMARTS) is 1. The molecule has 0 atom stereocenters. The molecule has 96 valence electrons. The lowest BCUT2D eigenvalue weighted by molar-refractivity contribution is -0.137. The molecule has 2 heterocycles. The van der Waals surface area contributed by atoms with Crippen molar-refractivity contribution in [1.82, 2.24) is 14.5 Å². The molecule has 0 radical (unpaired) electrons. The molecule has 0 unspecified atom stereocenters. The van der Waals surface area contributed by atoms with Gasteiger partial charge in [0, 0.05) is 17.1 Å². The molecule has 0 saturated heterocycles. The van der Waals surface area contributed by atoms with Crippen LogP contribution in [0.25, 0.3) is 11.2 Å². The van der Waals surface area contributed by atoms with E-state index in [1.54, 1.807) is 10.8 Å². The number of hydrogen-bond donors (Lipinski definition) is 1. The maximum Gasteiger partial charge on any atom is 0.323 e. The second kappa shape index (κ2) is 5.48. The Kier molecular flexibility index (Phi) is 3.96. The topological polar surface area (TPSA) is 68.0 Å². The first kappa shape index (κ1) is 13.0. The molecule has 6 heteroatoms. The van der Waals surface area contributed by atoms with E-state index in [9.17, 15) is 4.79 Å². The minimum Gasteiger partial charge on any atom is -0.480 e. The minimum absolute atomic E-state index is 0.0931. The monoisotopic (exact) mass is 311 g/mol. The Hall–Kier alpha value is -1.43. The Morgan fingerprint density at radius 1 is 1.56 bits per heavy atom. The van der Waals surface area contributed by atoms with Gasteiger partial charge in [0.25, 0.3) is 0 Å². The van der Waals surface area contributed by atoms with Crippen LogP contribution in [0.5, 0.6) is 0 Å². The van der Waals surface area contributed by atoms with Crippen molar-refractivity contribution in [3.05, 3.63) is 22.6 Å². The predicted molar refractivity (Wildman–Crippen MR) is 71.5 cm³/mol. The first-order valence-electron chi connectivity index (χ1n) is 5.84. The van der Waals surface area contributed by atoms with Gasteiger partial charge in [-0.2, -0.15) is 0 Å². The molecule has 2 rings (SSSR count). The number of halogens is 1. The van der Waals surface area contributed by atoms with Crippen LogP contribution in [-0.4, -0.2) is 25.6 Å². The zero-order valence-electron chi connectivity index (χ0n) is 10.1. The van der Waals surface area contributed by atoms with E-state index in [2.05, 4.69) is 32.8 Å². The lowest BCUT2D eigenvalue weighted by Crippen LogP contribution is -2.12. The summed E-state index contributed by atoms with van der Waals surface area (Å²) in [6.45, 7) is 2.00. The van der Waals surface area contributed by atoms with Crippen molar-refractivity contribution in [2.45, 2.75) is 32.7 Å². The van der Waals surface area contributed by atoms with Gasteiger partial charge in [-0.1, -0.05) is 13.3 Å². The first-order valence-corrected chi connectivity index (χ1v) is 6.63. The zero-order chi connectivity index (χ0) is 13.1. The highest BCUT2D eigenvalue weighted by Gasteiger charge is 2.14. The molecular formula is C12H14BrN3O2. The predicted octanol–water partition coefficient (Wildman–Crippen LogP) is 2.62. The fraction of sp³-hybridized carbons (Fsp3) is 0.417. The van der Waals surface area contributed by atoms with E-state index in [1.807, 2.05) is 6.07 Å². The zero-order valence-corrected chi connectivity index (χ0v) is 11.6. The van der Waals surface area contributed by atoms with Gasteiger partial charge in [0.1, 0.15) is 17.9 Å². The number of fused-ring (bicyclic) bond motifs is 1. The average molecular weight is 312 g/mol. The number of nitrogens with zero attached hydrogens (tertiary/aromatic N) is 3. The lowest BCUT2D eigenvalue weighted by Gasteiger charge is -2.04. The second-order valence-electron chi connectivity index (χ2n) is 4.11. The molecule has 5 nitrogen and oxygen atoms in total. The van der Waals surface area contributed by atoms with Crippen LogP contribution in [0.15, 0.2) is 16.7 Å². The van der Waals surface area contributed by atoms with Crippen molar-refractivity contribution in [3.8, 4) is 0 Å². The lowest BCUT2D eigenvalue weighted by atomic mass is 10.2. The quantitative estimate of drug-likeness (QED) is 0.921. The average Bonchev–Trinajstić information content (AvgIpc) is 2.63. The van der Waals surface area contributed by atoms with Crippen molar-refractivity contribution in [2.75, 3.05) is 0 Å². The summed E-state index contributed by atoms with van der Waals surface area (Å²) in [5, 5.41) is 8.96. The number of carbonyl (C=O) groups is 1. The standard InChI is InChI=1S/C12H14BrN3O2/c1-2-3-4-10-15-9-5-8(13)6-14-12(9)16(10)7-11(17)18/h5-6H,2-4,7H2,1H3,(H,17,18). The smallest absolute Gasteiger partial charge is 0.323 e. The summed E-state index contributed by atoms with van der Waals surface area (Å²) in [5.74, 6) is -0.0865. The summed E-state index contributed by atoms with van der Waals surface area (Å²) >= 11 is 3.34. The summed E-state index contributed by atoms with van der Waals surface area (Å²) < 4.78 is 2.52. The maximum atomic E-state index is 10.9. The molecule has 2 aromatic rings. The Balaban J connectivity index is 2.49. The molecule has 18 heavy (non-hydrogen) atoms. The molecule has 0 bridgehead atoms. The second-order valence-corrected chi connectivity index (χ2v) is 5.02. The summed E-state index contributed by atoms with van der Waals surface area (Å²) in [4.78, 5) is 19.6. The van der Waals surface area contributed by atoms with Gasteiger partial charge < -0.3 is 9.67 Å². The molecule has 0 aliphatic carbocycles. The molecule has 1 N–H and O–H groups in total. The van der Waals surface area contributed by atoms with Gasteiger partial charge >= 0.3 is 5.97 Å². The minimum atomic E-state index is -0.878. The summed E-state index contributed by atoms with van der Waals surface area (Å²) in [6, 6.07) is 1.86. The van der Waals surface area contributed by atoms with Crippen molar-refractivity contribution in [1.29, 1.82) is 0 Å². The fourth-order valence-electron chi connectivity index (χ4n) is 1.86. The highest BCUT2D eigenvalue weighted by Crippen LogP contribution is 2.19. The molecular weight excluding hydrogens is 298 g/mol. The number of imidazole rings is 1. The van der Waals surface area contributed by atoms with Crippen LogP contribution in [0.3, 0.4) is 0 Å². The molecule has 0 aliphatic rings. The Morgan fingerprint density at radius 2 is 2.33 bits per heavy atom. The first-order chi connectivity index (χ1) is 8.61. The number of aromatic nitrogens is 3. The molecule has 0 saturated carbocycles. The van der Waals surface area contributed by atoms with E-state index < -0.39 is 5.97 Å². The van der Waals surface area contributed by atoms with Gasteiger partial charge in [-0.3, -0.25) is 4.79 Å². The highest BCUT2D eigenvalue weighted by atomic mass is 79.9. The van der Waals surface area contributed by atoms with Crippen LogP contribution in [0.1, 0.15) is 25.6 Å². The number of aryl methyl sites for hydroxylation is 1. The number of pyridine rings is 1. The van der Waals surface area contributed by atoms with Gasteiger partial charge in [0.15, 0.2) is 5.65 Å². The van der Waals surface area contributed by atoms with Crippen molar-refractivity contribution >= 4 is 33.1 Å². The van der Waals surface area contributed by atoms with Crippen LogP contribution in [0, 0.1) is 0 Å². The van der Waals surface area contributed by atoms with E-state index in [0.717, 1.165) is 35.1 Å².